The van der Waals surface area contributed by atoms with Gasteiger partial charge in [-0.2, -0.15) is 5.10 Å². The van der Waals surface area contributed by atoms with Crippen molar-refractivity contribution in [2.75, 3.05) is 0 Å². The van der Waals surface area contributed by atoms with E-state index in [2.05, 4.69) is 10.5 Å². The lowest BCUT2D eigenvalue weighted by Gasteiger charge is -2.10. The Morgan fingerprint density at radius 2 is 1.72 bits per heavy atom. The smallest absolute Gasteiger partial charge is 0.126 e. The van der Waals surface area contributed by atoms with Gasteiger partial charge in [0.1, 0.15) is 16.2 Å². The van der Waals surface area contributed by atoms with Crippen molar-refractivity contribution < 1.29 is 5.11 Å². The molecule has 1 aliphatic rings. The van der Waals surface area contributed by atoms with Crippen LogP contribution in [0.4, 0.5) is 0 Å². The Balaban J connectivity index is 1.81. The number of phenolic OH excluding ortho intramolecular Hbond substituents is 1. The zero-order chi connectivity index (χ0) is 12.4. The first kappa shape index (κ1) is 11.2. The third kappa shape index (κ3) is 2.07. The van der Waals surface area contributed by atoms with Crippen LogP contribution in [0.3, 0.4) is 0 Å². The maximum absolute atomic E-state index is 9.82. The van der Waals surface area contributed by atoms with Gasteiger partial charge in [-0.25, -0.2) is 0 Å². The number of phenols is 1. The summed E-state index contributed by atoms with van der Waals surface area (Å²) >= 11 is 1.61. The molecule has 0 saturated heterocycles. The molecule has 1 unspecified atom stereocenters. The monoisotopic (exact) mass is 256 g/mol. The van der Waals surface area contributed by atoms with Crippen LogP contribution in [0.1, 0.15) is 16.5 Å². The number of para-hydroxylation sites is 1. The highest BCUT2D eigenvalue weighted by atomic mass is 32.2. The minimum atomic E-state index is -0.0265. The highest BCUT2D eigenvalue weighted by Gasteiger charge is 2.23. The van der Waals surface area contributed by atoms with E-state index in [1.165, 1.54) is 0 Å². The van der Waals surface area contributed by atoms with E-state index in [1.807, 2.05) is 48.5 Å². The first-order valence-electron chi connectivity index (χ1n) is 5.68. The number of hydrogen-bond donors (Lipinski definition) is 2. The van der Waals surface area contributed by atoms with Crippen molar-refractivity contribution in [3.8, 4) is 5.75 Å². The summed E-state index contributed by atoms with van der Waals surface area (Å²) in [5.74, 6) is 0.298. The van der Waals surface area contributed by atoms with Gasteiger partial charge in [0.25, 0.3) is 0 Å². The fraction of sp³-hybridized carbons (Fsp3) is 0.0714. The van der Waals surface area contributed by atoms with Gasteiger partial charge in [0.2, 0.25) is 0 Å². The summed E-state index contributed by atoms with van der Waals surface area (Å²) in [5, 5.41) is 15.1. The van der Waals surface area contributed by atoms with Crippen LogP contribution in [-0.4, -0.2) is 10.2 Å². The number of rotatable bonds is 2. The van der Waals surface area contributed by atoms with Crippen LogP contribution in [0.25, 0.3) is 0 Å². The SMILES string of the molecule is Oc1ccccc1C1NN=C(c2ccccc2)S1. The first-order chi connectivity index (χ1) is 8.84. The molecule has 2 aromatic rings. The molecule has 0 amide bonds. The quantitative estimate of drug-likeness (QED) is 0.868. The molecule has 3 nitrogen and oxygen atoms in total. The van der Waals surface area contributed by atoms with Crippen molar-refractivity contribution in [1.82, 2.24) is 5.43 Å². The van der Waals surface area contributed by atoms with E-state index in [1.54, 1.807) is 17.8 Å². The molecule has 0 saturated carbocycles. The van der Waals surface area contributed by atoms with Gasteiger partial charge in [0.05, 0.1) is 0 Å². The third-order valence-electron chi connectivity index (χ3n) is 2.75. The van der Waals surface area contributed by atoms with Crippen LogP contribution in [0, 0.1) is 0 Å². The Morgan fingerprint density at radius 3 is 2.50 bits per heavy atom. The average Bonchev–Trinajstić information content (AvgIpc) is 2.90. The number of hydrogen-bond acceptors (Lipinski definition) is 4. The lowest BCUT2D eigenvalue weighted by molar-refractivity contribution is 0.465. The van der Waals surface area contributed by atoms with Gasteiger partial charge in [-0.1, -0.05) is 60.3 Å². The summed E-state index contributed by atoms with van der Waals surface area (Å²) in [5.41, 5.74) is 5.00. The second kappa shape index (κ2) is 4.74. The highest BCUT2D eigenvalue weighted by molar-refractivity contribution is 8.14. The molecule has 0 radical (unpaired) electrons. The molecular formula is C14H12N2OS. The van der Waals surface area contributed by atoms with E-state index >= 15 is 0 Å². The second-order valence-corrected chi connectivity index (χ2v) is 5.06. The number of thioether (sulfide) groups is 1. The molecule has 1 heterocycles. The lowest BCUT2D eigenvalue weighted by atomic mass is 10.2. The van der Waals surface area contributed by atoms with Gasteiger partial charge in [-0.05, 0) is 6.07 Å². The van der Waals surface area contributed by atoms with Crippen molar-refractivity contribution in [3.63, 3.8) is 0 Å². The molecular weight excluding hydrogens is 244 g/mol. The predicted molar refractivity (Wildman–Crippen MR) is 74.6 cm³/mol. The molecule has 0 aromatic heterocycles. The van der Waals surface area contributed by atoms with Crippen molar-refractivity contribution in [1.29, 1.82) is 0 Å². The predicted octanol–water partition coefficient (Wildman–Crippen LogP) is 3.09. The van der Waals surface area contributed by atoms with Gasteiger partial charge < -0.3 is 5.11 Å². The summed E-state index contributed by atoms with van der Waals surface area (Å²) < 4.78 is 0. The van der Waals surface area contributed by atoms with Crippen molar-refractivity contribution >= 4 is 16.8 Å². The maximum Gasteiger partial charge on any atom is 0.126 e. The number of nitrogens with one attached hydrogen (secondary N) is 1. The Bertz CT molecular complexity index is 583. The standard InChI is InChI=1S/C14H12N2OS/c17-12-9-5-4-8-11(12)14-16-15-13(18-14)10-6-2-1-3-7-10/h1-9,14,16-17H. The fourth-order valence-corrected chi connectivity index (χ4v) is 2.87. The van der Waals surface area contributed by atoms with Crippen LogP contribution < -0.4 is 5.43 Å². The molecule has 1 aliphatic heterocycles. The molecule has 2 aromatic carbocycles. The number of aromatic hydroxyl groups is 1. The van der Waals surface area contributed by atoms with Crippen molar-refractivity contribution in [3.05, 3.63) is 65.7 Å². The van der Waals surface area contributed by atoms with E-state index in [-0.39, 0.29) is 5.37 Å². The summed E-state index contributed by atoms with van der Waals surface area (Å²) in [6.45, 7) is 0. The van der Waals surface area contributed by atoms with E-state index in [0.29, 0.717) is 5.75 Å². The molecule has 0 fully saturated rings. The zero-order valence-corrected chi connectivity index (χ0v) is 10.4. The summed E-state index contributed by atoms with van der Waals surface area (Å²) in [6.07, 6.45) is 0. The minimum Gasteiger partial charge on any atom is -0.508 e. The Hall–Kier alpha value is -1.94. The first-order valence-corrected chi connectivity index (χ1v) is 6.56. The molecule has 0 spiro atoms. The second-order valence-electron chi connectivity index (χ2n) is 3.97. The van der Waals surface area contributed by atoms with Gasteiger partial charge >= 0.3 is 0 Å². The Labute approximate surface area is 110 Å². The maximum atomic E-state index is 9.82. The van der Waals surface area contributed by atoms with Crippen LogP contribution >= 0.6 is 11.8 Å². The largest absolute Gasteiger partial charge is 0.508 e. The number of nitrogens with zero attached hydrogens (tertiary/aromatic N) is 1. The number of hydrazone groups is 1. The van der Waals surface area contributed by atoms with E-state index in [0.717, 1.165) is 16.2 Å². The van der Waals surface area contributed by atoms with E-state index in [9.17, 15) is 5.11 Å². The summed E-state index contributed by atoms with van der Waals surface area (Å²) in [4.78, 5) is 0. The summed E-state index contributed by atoms with van der Waals surface area (Å²) in [7, 11) is 0. The molecule has 4 heteroatoms. The Kier molecular flexibility index (Phi) is 2.94. The topological polar surface area (TPSA) is 44.6 Å². The van der Waals surface area contributed by atoms with Gasteiger partial charge in [-0.15, -0.1) is 0 Å². The van der Waals surface area contributed by atoms with Crippen LogP contribution in [-0.2, 0) is 0 Å². The van der Waals surface area contributed by atoms with E-state index < -0.39 is 0 Å². The lowest BCUT2D eigenvalue weighted by Crippen LogP contribution is -2.06. The molecule has 3 rings (SSSR count). The molecule has 1 atom stereocenters. The van der Waals surface area contributed by atoms with Gasteiger partial charge in [0.15, 0.2) is 0 Å². The highest BCUT2D eigenvalue weighted by Crippen LogP contribution is 2.37. The molecule has 2 N–H and O–H groups in total. The third-order valence-corrected chi connectivity index (χ3v) is 3.90. The molecule has 0 bridgehead atoms. The average molecular weight is 256 g/mol. The molecule has 90 valence electrons. The van der Waals surface area contributed by atoms with Crippen LogP contribution in [0.2, 0.25) is 0 Å². The minimum absolute atomic E-state index is 0.0265. The van der Waals surface area contributed by atoms with Gasteiger partial charge in [0, 0.05) is 11.1 Å². The molecule has 18 heavy (non-hydrogen) atoms. The van der Waals surface area contributed by atoms with Crippen molar-refractivity contribution in [2.24, 2.45) is 5.10 Å². The van der Waals surface area contributed by atoms with Crippen molar-refractivity contribution in [2.45, 2.75) is 5.37 Å². The zero-order valence-electron chi connectivity index (χ0n) is 9.58. The molecule has 0 aliphatic carbocycles. The van der Waals surface area contributed by atoms with Crippen LogP contribution in [0.15, 0.2) is 59.7 Å². The fourth-order valence-electron chi connectivity index (χ4n) is 1.84. The van der Waals surface area contributed by atoms with E-state index in [4.69, 9.17) is 0 Å². The summed E-state index contributed by atoms with van der Waals surface area (Å²) in [6, 6.07) is 17.4. The number of benzene rings is 2. The van der Waals surface area contributed by atoms with Crippen LogP contribution in [0.5, 0.6) is 5.75 Å². The Morgan fingerprint density at radius 1 is 1.00 bits per heavy atom. The normalized spacial score (nSPS) is 18.2. The van der Waals surface area contributed by atoms with Gasteiger partial charge in [-0.3, -0.25) is 5.43 Å².